The van der Waals surface area contributed by atoms with E-state index in [2.05, 4.69) is 5.32 Å². The molecular weight excluding hydrogens is 438 g/mol. The van der Waals surface area contributed by atoms with E-state index < -0.39 is 17.9 Å². The number of carboxylic acid groups (broad SMARTS) is 3. The Morgan fingerprint density at radius 3 is 1.21 bits per heavy atom. The highest BCUT2D eigenvalue weighted by Gasteiger charge is 2.20. The predicted octanol–water partition coefficient (Wildman–Crippen LogP) is -2.65. The van der Waals surface area contributed by atoms with E-state index in [1.165, 1.54) is 0 Å². The zero-order valence-corrected chi connectivity index (χ0v) is 19.0. The average Bonchev–Trinajstić information content (AvgIpc) is 2.72. The number of carbonyl (C=O) groups is 4. The standard InChI is InChI=1S/C20H37N5O8/c26-12-2-1-3-21-17(27)13-22-4-6-23(14-18(28)29)8-10-25(16-20(32)33)11-9-24(7-5-22)15-19(30)31/h26H,1-16H2,(H,21,27)(H,28,29)(H,30,31)(H,32,33). The number of aliphatic carboxylic acids is 3. The molecule has 0 unspecified atom stereocenters. The normalized spacial score (nSPS) is 18.2. The molecule has 0 spiro atoms. The Bertz CT molecular complexity index is 604. The van der Waals surface area contributed by atoms with Crippen LogP contribution in [0.1, 0.15) is 12.8 Å². The summed E-state index contributed by atoms with van der Waals surface area (Å²) in [4.78, 5) is 53.0. The smallest absolute Gasteiger partial charge is 0.317 e. The van der Waals surface area contributed by atoms with Crippen molar-refractivity contribution in [2.24, 2.45) is 0 Å². The maximum atomic E-state index is 12.3. The summed E-state index contributed by atoms with van der Waals surface area (Å²) in [5.74, 6) is -3.18. The van der Waals surface area contributed by atoms with Gasteiger partial charge in [0, 0.05) is 65.5 Å². The van der Waals surface area contributed by atoms with Gasteiger partial charge in [0.15, 0.2) is 0 Å². The number of hydrogen-bond donors (Lipinski definition) is 5. The van der Waals surface area contributed by atoms with Gasteiger partial charge >= 0.3 is 17.9 Å². The molecule has 33 heavy (non-hydrogen) atoms. The van der Waals surface area contributed by atoms with E-state index in [4.69, 9.17) is 5.11 Å². The lowest BCUT2D eigenvalue weighted by Crippen LogP contribution is -2.49. The molecule has 0 aromatic rings. The molecule has 1 fully saturated rings. The molecule has 0 aromatic carbocycles. The quantitative estimate of drug-likeness (QED) is 0.186. The number of hydrogen-bond acceptors (Lipinski definition) is 9. The Hall–Kier alpha value is -2.32. The van der Waals surface area contributed by atoms with Crippen molar-refractivity contribution in [2.75, 3.05) is 91.7 Å². The van der Waals surface area contributed by atoms with Crippen molar-refractivity contribution >= 4 is 23.8 Å². The van der Waals surface area contributed by atoms with E-state index in [9.17, 15) is 34.5 Å². The second-order valence-electron chi connectivity index (χ2n) is 8.07. The second-order valence-corrected chi connectivity index (χ2v) is 8.07. The summed E-state index contributed by atoms with van der Waals surface area (Å²) in [5, 5.41) is 39.3. The van der Waals surface area contributed by atoms with Crippen LogP contribution in [0.5, 0.6) is 0 Å². The third-order valence-electron chi connectivity index (χ3n) is 5.28. The lowest BCUT2D eigenvalue weighted by molar-refractivity contribution is -0.140. The molecule has 1 heterocycles. The number of nitrogens with one attached hydrogen (secondary N) is 1. The van der Waals surface area contributed by atoms with Crippen LogP contribution >= 0.6 is 0 Å². The minimum atomic E-state index is -1.01. The van der Waals surface area contributed by atoms with Crippen molar-refractivity contribution in [3.05, 3.63) is 0 Å². The van der Waals surface area contributed by atoms with Gasteiger partial charge < -0.3 is 25.7 Å². The average molecular weight is 476 g/mol. The van der Waals surface area contributed by atoms with Crippen molar-refractivity contribution in [1.82, 2.24) is 24.9 Å². The number of carbonyl (C=O) groups excluding carboxylic acids is 1. The molecule has 1 aliphatic heterocycles. The van der Waals surface area contributed by atoms with Crippen LogP contribution in [-0.4, -0.2) is 156 Å². The zero-order valence-electron chi connectivity index (χ0n) is 19.0. The maximum absolute atomic E-state index is 12.3. The van der Waals surface area contributed by atoms with Crippen molar-refractivity contribution in [1.29, 1.82) is 0 Å². The minimum absolute atomic E-state index is 0.0602. The Kier molecular flexibility index (Phi) is 14.2. The Morgan fingerprint density at radius 1 is 0.576 bits per heavy atom. The minimum Gasteiger partial charge on any atom is -0.480 e. The van der Waals surface area contributed by atoms with Crippen LogP contribution in [0.2, 0.25) is 0 Å². The molecule has 190 valence electrons. The van der Waals surface area contributed by atoms with Gasteiger partial charge in [-0.1, -0.05) is 0 Å². The topological polar surface area (TPSA) is 174 Å². The Labute approximate surface area is 193 Å². The number of aliphatic hydroxyl groups is 1. The maximum Gasteiger partial charge on any atom is 0.317 e. The molecule has 0 saturated carbocycles. The third-order valence-corrected chi connectivity index (χ3v) is 5.28. The molecule has 0 atom stereocenters. The molecule has 1 aliphatic rings. The highest BCUT2D eigenvalue weighted by atomic mass is 16.4. The Balaban J connectivity index is 2.86. The molecule has 5 N–H and O–H groups in total. The summed E-state index contributed by atoms with van der Waals surface area (Å²) in [7, 11) is 0. The second kappa shape index (κ2) is 16.3. The van der Waals surface area contributed by atoms with E-state index in [-0.39, 0.29) is 38.7 Å². The number of amides is 1. The fourth-order valence-electron chi connectivity index (χ4n) is 3.51. The predicted molar refractivity (Wildman–Crippen MR) is 118 cm³/mol. The van der Waals surface area contributed by atoms with Gasteiger partial charge in [0.1, 0.15) is 0 Å². The fraction of sp³-hybridized carbons (Fsp3) is 0.800. The van der Waals surface area contributed by atoms with Crippen molar-refractivity contribution in [3.8, 4) is 0 Å². The number of rotatable bonds is 12. The highest BCUT2D eigenvalue weighted by Crippen LogP contribution is 2.01. The van der Waals surface area contributed by atoms with Crippen molar-refractivity contribution < 1.29 is 39.6 Å². The van der Waals surface area contributed by atoms with E-state index in [0.717, 1.165) is 0 Å². The monoisotopic (exact) mass is 475 g/mol. The SMILES string of the molecule is O=C(O)CN1CCN(CC(=O)O)CCN(CC(=O)NCCCCO)CCN(CC(=O)O)CC1. The molecule has 1 amide bonds. The van der Waals surface area contributed by atoms with Gasteiger partial charge in [0.05, 0.1) is 26.2 Å². The van der Waals surface area contributed by atoms with Gasteiger partial charge in [-0.15, -0.1) is 0 Å². The summed E-state index contributed by atoms with van der Waals surface area (Å²) in [5.41, 5.74) is 0. The van der Waals surface area contributed by atoms with Crippen LogP contribution in [0.3, 0.4) is 0 Å². The van der Waals surface area contributed by atoms with Crippen LogP contribution in [0.25, 0.3) is 0 Å². The first kappa shape index (κ1) is 28.7. The first-order chi connectivity index (χ1) is 15.7. The van der Waals surface area contributed by atoms with Crippen LogP contribution < -0.4 is 5.32 Å². The van der Waals surface area contributed by atoms with Gasteiger partial charge in [0.2, 0.25) is 5.91 Å². The van der Waals surface area contributed by atoms with Gasteiger partial charge in [-0.25, -0.2) is 0 Å². The van der Waals surface area contributed by atoms with Gasteiger partial charge in [-0.05, 0) is 12.8 Å². The largest absolute Gasteiger partial charge is 0.480 e. The molecule has 0 aliphatic carbocycles. The molecular formula is C20H37N5O8. The summed E-state index contributed by atoms with van der Waals surface area (Å²) < 4.78 is 0. The van der Waals surface area contributed by atoms with Gasteiger partial charge in [-0.2, -0.15) is 0 Å². The molecule has 13 nitrogen and oxygen atoms in total. The summed E-state index contributed by atoms with van der Waals surface area (Å²) in [6, 6.07) is 0. The lowest BCUT2D eigenvalue weighted by atomic mass is 10.3. The van der Waals surface area contributed by atoms with Crippen LogP contribution in [0.15, 0.2) is 0 Å². The van der Waals surface area contributed by atoms with Crippen LogP contribution in [-0.2, 0) is 19.2 Å². The number of aliphatic hydroxyl groups excluding tert-OH is 1. The fourth-order valence-corrected chi connectivity index (χ4v) is 3.51. The molecule has 13 heteroatoms. The first-order valence-electron chi connectivity index (χ1n) is 11.1. The molecule has 0 bridgehead atoms. The summed E-state index contributed by atoms with van der Waals surface area (Å²) >= 11 is 0. The van der Waals surface area contributed by atoms with E-state index >= 15 is 0 Å². The summed E-state index contributed by atoms with van der Waals surface area (Å²) in [6.07, 6.45) is 1.26. The van der Waals surface area contributed by atoms with Crippen LogP contribution in [0, 0.1) is 0 Å². The molecule has 0 aromatic heterocycles. The highest BCUT2D eigenvalue weighted by molar-refractivity contribution is 5.78. The molecule has 1 rings (SSSR count). The number of nitrogens with zero attached hydrogens (tertiary/aromatic N) is 4. The van der Waals surface area contributed by atoms with Crippen molar-refractivity contribution in [3.63, 3.8) is 0 Å². The van der Waals surface area contributed by atoms with Gasteiger partial charge in [-0.3, -0.25) is 38.8 Å². The van der Waals surface area contributed by atoms with Crippen molar-refractivity contribution in [2.45, 2.75) is 12.8 Å². The van der Waals surface area contributed by atoms with E-state index in [1.807, 2.05) is 4.90 Å². The van der Waals surface area contributed by atoms with E-state index in [0.29, 0.717) is 71.7 Å². The zero-order chi connectivity index (χ0) is 24.6. The van der Waals surface area contributed by atoms with Gasteiger partial charge in [0.25, 0.3) is 0 Å². The Morgan fingerprint density at radius 2 is 0.909 bits per heavy atom. The first-order valence-corrected chi connectivity index (χ1v) is 11.1. The number of unbranched alkanes of at least 4 members (excludes halogenated alkanes) is 1. The number of carboxylic acids is 3. The molecule has 1 saturated heterocycles. The third kappa shape index (κ3) is 14.4. The molecule has 0 radical (unpaired) electrons. The summed E-state index contributed by atoms with van der Waals surface area (Å²) in [6.45, 7) is 2.82. The van der Waals surface area contributed by atoms with Crippen LogP contribution in [0.4, 0.5) is 0 Å². The van der Waals surface area contributed by atoms with E-state index in [1.54, 1.807) is 14.7 Å². The lowest BCUT2D eigenvalue weighted by Gasteiger charge is -2.32.